The molecule has 3 aliphatic rings. The van der Waals surface area contributed by atoms with Crippen LogP contribution in [0.1, 0.15) is 30.4 Å². The topological polar surface area (TPSA) is 41.6 Å². The molecule has 0 radical (unpaired) electrons. The van der Waals surface area contributed by atoms with Crippen LogP contribution in [0, 0.1) is 11.3 Å². The molecule has 1 aromatic heterocycles. The minimum Gasteiger partial charge on any atom is -0.492 e. The molecule has 3 heterocycles. The molecule has 2 aromatic rings. The number of carbonyl (C=O) groups excluding carboxylic acids is 1. The second-order valence-corrected chi connectivity index (χ2v) is 9.03. The number of rotatable bonds is 4. The average molecular weight is 383 g/mol. The molecule has 4 nitrogen and oxygen atoms in total. The molecular formula is C22H26N2O2S. The number of hydrogen-bond acceptors (Lipinski definition) is 4. The molecule has 0 bridgehead atoms. The van der Waals surface area contributed by atoms with Crippen LogP contribution < -0.4 is 10.1 Å². The highest BCUT2D eigenvalue weighted by atomic mass is 32.1. The summed E-state index contributed by atoms with van der Waals surface area (Å²) in [5.41, 5.74) is 2.76. The summed E-state index contributed by atoms with van der Waals surface area (Å²) < 4.78 is 5.92. The van der Waals surface area contributed by atoms with Crippen molar-refractivity contribution in [1.29, 1.82) is 0 Å². The van der Waals surface area contributed by atoms with Gasteiger partial charge < -0.3 is 15.0 Å². The van der Waals surface area contributed by atoms with Crippen LogP contribution in [-0.4, -0.2) is 36.5 Å². The largest absolute Gasteiger partial charge is 0.492 e. The van der Waals surface area contributed by atoms with E-state index in [2.05, 4.69) is 33.1 Å². The third-order valence-electron chi connectivity index (χ3n) is 6.57. The zero-order valence-electron chi connectivity index (χ0n) is 15.5. The summed E-state index contributed by atoms with van der Waals surface area (Å²) in [5, 5.41) is 7.74. The van der Waals surface area contributed by atoms with Crippen molar-refractivity contribution >= 4 is 17.2 Å². The number of ether oxygens (including phenoxy) is 1. The highest BCUT2D eigenvalue weighted by Gasteiger charge is 2.58. The van der Waals surface area contributed by atoms with E-state index in [1.165, 1.54) is 18.4 Å². The number of amides is 1. The smallest absolute Gasteiger partial charge is 0.230 e. The second-order valence-electron chi connectivity index (χ2n) is 8.25. The fourth-order valence-electron chi connectivity index (χ4n) is 4.87. The lowest BCUT2D eigenvalue weighted by Gasteiger charge is -2.33. The quantitative estimate of drug-likeness (QED) is 0.880. The van der Waals surface area contributed by atoms with Crippen LogP contribution in [0.15, 0.2) is 41.1 Å². The summed E-state index contributed by atoms with van der Waals surface area (Å²) in [5.74, 6) is 1.14. The van der Waals surface area contributed by atoms with Crippen molar-refractivity contribution in [3.8, 4) is 5.75 Å². The number of nitrogens with one attached hydrogen (secondary N) is 1. The average Bonchev–Trinajstić information content (AvgIpc) is 3.14. The molecule has 27 heavy (non-hydrogen) atoms. The molecule has 2 fully saturated rings. The molecule has 1 saturated heterocycles. The van der Waals surface area contributed by atoms with E-state index in [1.807, 2.05) is 18.2 Å². The Kier molecular flexibility index (Phi) is 4.44. The van der Waals surface area contributed by atoms with Gasteiger partial charge in [0.15, 0.2) is 0 Å². The van der Waals surface area contributed by atoms with Crippen LogP contribution in [0.2, 0.25) is 0 Å². The first kappa shape index (κ1) is 17.3. The first-order valence-corrected chi connectivity index (χ1v) is 10.9. The standard InChI is InChI=1S/C22H26N2O2S/c25-21(18-11-17-3-1-2-4-19(17)26-14-18)24(13-16-5-10-27-15-16)20-12-22(20)6-8-23-9-7-22/h1-5,10,15,18,20,23H,6-9,11-14H2. The van der Waals surface area contributed by atoms with Crippen LogP contribution >= 0.6 is 11.3 Å². The van der Waals surface area contributed by atoms with Crippen LogP contribution in [-0.2, 0) is 17.8 Å². The van der Waals surface area contributed by atoms with Crippen molar-refractivity contribution in [3.05, 3.63) is 52.2 Å². The monoisotopic (exact) mass is 382 g/mol. The fraction of sp³-hybridized carbons (Fsp3) is 0.500. The Morgan fingerprint density at radius 1 is 1.26 bits per heavy atom. The van der Waals surface area contributed by atoms with E-state index >= 15 is 0 Å². The van der Waals surface area contributed by atoms with Gasteiger partial charge in [-0.1, -0.05) is 18.2 Å². The zero-order chi connectivity index (χ0) is 18.3. The van der Waals surface area contributed by atoms with E-state index < -0.39 is 0 Å². The second kappa shape index (κ2) is 6.95. The molecule has 2 aliphatic heterocycles. The van der Waals surface area contributed by atoms with Crippen LogP contribution in [0.4, 0.5) is 0 Å². The van der Waals surface area contributed by atoms with Crippen LogP contribution in [0.5, 0.6) is 5.75 Å². The van der Waals surface area contributed by atoms with Gasteiger partial charge in [-0.25, -0.2) is 0 Å². The van der Waals surface area contributed by atoms with E-state index in [1.54, 1.807) is 11.3 Å². The van der Waals surface area contributed by atoms with Gasteiger partial charge in [0, 0.05) is 12.6 Å². The number of para-hydroxylation sites is 1. The van der Waals surface area contributed by atoms with Crippen molar-refractivity contribution in [3.63, 3.8) is 0 Å². The van der Waals surface area contributed by atoms with Crippen LogP contribution in [0.3, 0.4) is 0 Å². The molecule has 1 aromatic carbocycles. The molecule has 2 unspecified atom stereocenters. The predicted octanol–water partition coefficient (Wildman–Crippen LogP) is 3.47. The number of carbonyl (C=O) groups is 1. The Hall–Kier alpha value is -1.85. The lowest BCUT2D eigenvalue weighted by atomic mass is 9.92. The Morgan fingerprint density at radius 2 is 2.11 bits per heavy atom. The molecular weight excluding hydrogens is 356 g/mol. The predicted molar refractivity (Wildman–Crippen MR) is 107 cm³/mol. The third-order valence-corrected chi connectivity index (χ3v) is 7.30. The highest BCUT2D eigenvalue weighted by Crippen LogP contribution is 2.56. The number of benzene rings is 1. The van der Waals surface area contributed by atoms with Gasteiger partial charge in [0.25, 0.3) is 0 Å². The molecule has 1 aliphatic carbocycles. The molecule has 1 saturated carbocycles. The van der Waals surface area contributed by atoms with E-state index in [-0.39, 0.29) is 11.8 Å². The molecule has 142 valence electrons. The number of fused-ring (bicyclic) bond motifs is 1. The van der Waals surface area contributed by atoms with Crippen molar-refractivity contribution in [1.82, 2.24) is 10.2 Å². The third kappa shape index (κ3) is 3.27. The van der Waals surface area contributed by atoms with Gasteiger partial charge in [0.2, 0.25) is 5.91 Å². The Labute approximate surface area is 164 Å². The Bertz CT molecular complexity index is 813. The minimum absolute atomic E-state index is 0.0714. The van der Waals surface area contributed by atoms with Crippen molar-refractivity contribution in [2.75, 3.05) is 19.7 Å². The van der Waals surface area contributed by atoms with Gasteiger partial charge in [0.1, 0.15) is 12.4 Å². The summed E-state index contributed by atoms with van der Waals surface area (Å²) in [4.78, 5) is 15.8. The van der Waals surface area contributed by atoms with Crippen molar-refractivity contribution in [2.24, 2.45) is 11.3 Å². The van der Waals surface area contributed by atoms with Gasteiger partial charge in [-0.05, 0) is 78.2 Å². The Balaban J connectivity index is 1.37. The molecule has 1 spiro atoms. The van der Waals surface area contributed by atoms with E-state index in [0.29, 0.717) is 18.1 Å². The first-order valence-electron chi connectivity index (χ1n) is 9.98. The molecule has 1 amide bonds. The summed E-state index contributed by atoms with van der Waals surface area (Å²) in [6.45, 7) is 3.39. The van der Waals surface area contributed by atoms with E-state index in [0.717, 1.165) is 43.8 Å². The first-order chi connectivity index (χ1) is 13.3. The van der Waals surface area contributed by atoms with Crippen molar-refractivity contribution < 1.29 is 9.53 Å². The van der Waals surface area contributed by atoms with Gasteiger partial charge in [-0.15, -0.1) is 0 Å². The van der Waals surface area contributed by atoms with Gasteiger partial charge in [-0.3, -0.25) is 4.79 Å². The van der Waals surface area contributed by atoms with E-state index in [4.69, 9.17) is 4.74 Å². The molecule has 2 atom stereocenters. The SMILES string of the molecule is O=C(C1COc2ccccc2C1)N(Cc1ccsc1)C1CC12CCNCC2. The Morgan fingerprint density at radius 3 is 2.93 bits per heavy atom. The summed E-state index contributed by atoms with van der Waals surface area (Å²) in [6, 6.07) is 10.7. The number of nitrogens with zero attached hydrogens (tertiary/aromatic N) is 1. The fourth-order valence-corrected chi connectivity index (χ4v) is 5.53. The summed E-state index contributed by atoms with van der Waals surface area (Å²) in [6.07, 6.45) is 4.33. The lowest BCUT2D eigenvalue weighted by molar-refractivity contribution is -0.139. The van der Waals surface area contributed by atoms with E-state index in [9.17, 15) is 4.79 Å². The number of thiophene rings is 1. The normalized spacial score (nSPS) is 25.5. The maximum absolute atomic E-state index is 13.6. The number of hydrogen-bond donors (Lipinski definition) is 1. The maximum atomic E-state index is 13.6. The zero-order valence-corrected chi connectivity index (χ0v) is 16.3. The maximum Gasteiger partial charge on any atom is 0.230 e. The molecule has 1 N–H and O–H groups in total. The van der Waals surface area contributed by atoms with Gasteiger partial charge in [-0.2, -0.15) is 11.3 Å². The van der Waals surface area contributed by atoms with Gasteiger partial charge >= 0.3 is 0 Å². The molecule has 5 rings (SSSR count). The highest BCUT2D eigenvalue weighted by molar-refractivity contribution is 7.07. The summed E-state index contributed by atoms with van der Waals surface area (Å²) in [7, 11) is 0. The van der Waals surface area contributed by atoms with Gasteiger partial charge in [0.05, 0.1) is 5.92 Å². The lowest BCUT2D eigenvalue weighted by Crippen LogP contribution is -2.44. The minimum atomic E-state index is -0.0714. The van der Waals surface area contributed by atoms with Crippen LogP contribution in [0.25, 0.3) is 0 Å². The van der Waals surface area contributed by atoms with Crippen molar-refractivity contribution in [2.45, 2.75) is 38.3 Å². The number of piperidine rings is 1. The summed E-state index contributed by atoms with van der Waals surface area (Å²) >= 11 is 1.71. The molecule has 5 heteroatoms.